The van der Waals surface area contributed by atoms with Crippen LogP contribution in [0.15, 0.2) is 41.5 Å². The van der Waals surface area contributed by atoms with Gasteiger partial charge in [-0.1, -0.05) is 38.1 Å². The fourth-order valence-corrected chi connectivity index (χ4v) is 5.41. The van der Waals surface area contributed by atoms with Gasteiger partial charge >= 0.3 is 0 Å². The molecule has 2 heterocycles. The molecule has 1 atom stereocenters. The van der Waals surface area contributed by atoms with Crippen LogP contribution in [0.5, 0.6) is 0 Å². The van der Waals surface area contributed by atoms with E-state index in [4.69, 9.17) is 9.97 Å². The van der Waals surface area contributed by atoms with Crippen LogP contribution in [0.3, 0.4) is 0 Å². The largest absolute Gasteiger partial charge is 0.356 e. The van der Waals surface area contributed by atoms with Gasteiger partial charge in [0.15, 0.2) is 5.65 Å². The number of aryl methyl sites for hydroxylation is 1. The van der Waals surface area contributed by atoms with Gasteiger partial charge in [0.25, 0.3) is 0 Å². The Morgan fingerprint density at radius 2 is 1.87 bits per heavy atom. The van der Waals surface area contributed by atoms with Crippen LogP contribution in [0, 0.1) is 18.8 Å². The van der Waals surface area contributed by atoms with E-state index >= 15 is 0 Å². The van der Waals surface area contributed by atoms with Gasteiger partial charge in [-0.2, -0.15) is 0 Å². The summed E-state index contributed by atoms with van der Waals surface area (Å²) in [4.78, 5) is 12.6. The molecule has 1 unspecified atom stereocenters. The predicted molar refractivity (Wildman–Crippen MR) is 131 cm³/mol. The summed E-state index contributed by atoms with van der Waals surface area (Å²) >= 11 is 0. The maximum atomic E-state index is 5.04. The molecule has 1 aromatic carbocycles. The molecule has 3 aromatic rings. The first-order chi connectivity index (χ1) is 15.0. The summed E-state index contributed by atoms with van der Waals surface area (Å²) in [5.74, 6) is 3.38. The van der Waals surface area contributed by atoms with E-state index in [1.165, 1.54) is 46.0 Å². The van der Waals surface area contributed by atoms with Gasteiger partial charge in [-0.25, -0.2) is 9.97 Å². The van der Waals surface area contributed by atoms with Crippen molar-refractivity contribution in [1.29, 1.82) is 0 Å². The van der Waals surface area contributed by atoms with Crippen LogP contribution < -0.4 is 4.90 Å². The first-order valence-electron chi connectivity index (χ1n) is 11.9. The predicted octanol–water partition coefficient (Wildman–Crippen LogP) is 6.74. The van der Waals surface area contributed by atoms with E-state index in [9.17, 15) is 0 Å². The molecule has 162 valence electrons. The number of fused-ring (bicyclic) bond motifs is 3. The number of hydrogen-bond acceptors (Lipinski definition) is 3. The number of anilines is 1. The molecule has 0 bridgehead atoms. The highest BCUT2D eigenvalue weighted by atomic mass is 15.2. The monoisotopic (exact) mass is 414 g/mol. The summed E-state index contributed by atoms with van der Waals surface area (Å²) in [6.45, 7) is 13.3. The van der Waals surface area contributed by atoms with Crippen LogP contribution >= 0.6 is 0 Å². The van der Waals surface area contributed by atoms with Crippen molar-refractivity contribution in [3.63, 3.8) is 0 Å². The van der Waals surface area contributed by atoms with E-state index in [1.807, 2.05) is 6.92 Å². The molecular weight excluding hydrogens is 380 g/mol. The number of benzene rings is 1. The minimum Gasteiger partial charge on any atom is -0.356 e. The molecule has 0 aliphatic heterocycles. The van der Waals surface area contributed by atoms with E-state index in [0.29, 0.717) is 5.92 Å². The second-order valence-corrected chi connectivity index (χ2v) is 9.70. The number of aromatic nitrogens is 3. The quantitative estimate of drug-likeness (QED) is 0.448. The van der Waals surface area contributed by atoms with E-state index in [0.717, 1.165) is 49.1 Å². The lowest BCUT2D eigenvalue weighted by Crippen LogP contribution is -2.28. The van der Waals surface area contributed by atoms with Crippen molar-refractivity contribution >= 4 is 33.5 Å². The summed E-state index contributed by atoms with van der Waals surface area (Å²) < 4.78 is 2.41. The van der Waals surface area contributed by atoms with Gasteiger partial charge in [-0.3, -0.25) is 4.57 Å². The van der Waals surface area contributed by atoms with E-state index in [2.05, 4.69) is 67.5 Å². The van der Waals surface area contributed by atoms with Crippen LogP contribution in [0.4, 0.5) is 5.82 Å². The SMILES string of the molecule is CCCN(CC1CC1)c1nc(C)nc2c1c1ccccc1n2C1=C(C)CC(C)C=C1C. The van der Waals surface area contributed by atoms with E-state index < -0.39 is 0 Å². The van der Waals surface area contributed by atoms with Crippen molar-refractivity contribution in [2.24, 2.45) is 11.8 Å². The fraction of sp³-hybridized carbons (Fsp3) is 0.481. The average Bonchev–Trinajstić information content (AvgIpc) is 3.48. The van der Waals surface area contributed by atoms with Crippen molar-refractivity contribution in [2.45, 2.75) is 60.3 Å². The van der Waals surface area contributed by atoms with Crippen molar-refractivity contribution < 1.29 is 0 Å². The molecule has 2 aromatic heterocycles. The van der Waals surface area contributed by atoms with Gasteiger partial charge in [-0.15, -0.1) is 0 Å². The molecule has 0 radical (unpaired) electrons. The van der Waals surface area contributed by atoms with Gasteiger partial charge in [-0.05, 0) is 75.5 Å². The Hall–Kier alpha value is -2.62. The molecule has 4 nitrogen and oxygen atoms in total. The van der Waals surface area contributed by atoms with Gasteiger partial charge in [0.1, 0.15) is 11.6 Å². The highest BCUT2D eigenvalue weighted by Gasteiger charge is 2.28. The third-order valence-corrected chi connectivity index (χ3v) is 6.74. The Morgan fingerprint density at radius 3 is 2.58 bits per heavy atom. The number of allylic oxidation sites excluding steroid dienone is 4. The zero-order valence-electron chi connectivity index (χ0n) is 19.6. The molecule has 1 saturated carbocycles. The molecule has 0 saturated heterocycles. The number of nitrogens with zero attached hydrogens (tertiary/aromatic N) is 4. The molecule has 0 spiro atoms. The van der Waals surface area contributed by atoms with Crippen molar-refractivity contribution in [3.05, 3.63) is 47.3 Å². The molecule has 31 heavy (non-hydrogen) atoms. The molecule has 0 amide bonds. The molecular formula is C27H34N4. The first kappa shape index (κ1) is 20.3. The lowest BCUT2D eigenvalue weighted by molar-refractivity contribution is 0.697. The molecule has 5 rings (SSSR count). The molecule has 4 heteroatoms. The third-order valence-electron chi connectivity index (χ3n) is 6.74. The van der Waals surface area contributed by atoms with Gasteiger partial charge in [0, 0.05) is 24.2 Å². The summed E-state index contributed by atoms with van der Waals surface area (Å²) in [7, 11) is 0. The zero-order valence-corrected chi connectivity index (χ0v) is 19.6. The maximum Gasteiger partial charge on any atom is 0.151 e. The van der Waals surface area contributed by atoms with Crippen molar-refractivity contribution in [2.75, 3.05) is 18.0 Å². The third kappa shape index (κ3) is 3.56. The lowest BCUT2D eigenvalue weighted by Gasteiger charge is -2.25. The van der Waals surface area contributed by atoms with Crippen LogP contribution in [-0.2, 0) is 0 Å². The number of hydrogen-bond donors (Lipinski definition) is 0. The zero-order chi connectivity index (χ0) is 21.7. The Kier molecular flexibility index (Phi) is 5.11. The summed E-state index contributed by atoms with van der Waals surface area (Å²) in [5, 5.41) is 2.47. The van der Waals surface area contributed by atoms with Crippen molar-refractivity contribution in [1.82, 2.24) is 14.5 Å². The minimum absolute atomic E-state index is 0.586. The summed E-state index contributed by atoms with van der Waals surface area (Å²) in [6.07, 6.45) is 7.34. The number of para-hydroxylation sites is 1. The topological polar surface area (TPSA) is 34.0 Å². The van der Waals surface area contributed by atoms with Crippen LogP contribution in [0.2, 0.25) is 0 Å². The smallest absolute Gasteiger partial charge is 0.151 e. The molecule has 2 aliphatic rings. The van der Waals surface area contributed by atoms with Gasteiger partial charge in [0.05, 0.1) is 10.9 Å². The Labute approximate surface area is 185 Å². The average molecular weight is 415 g/mol. The van der Waals surface area contributed by atoms with E-state index in [-0.39, 0.29) is 0 Å². The molecule has 0 N–H and O–H groups in total. The van der Waals surface area contributed by atoms with Crippen LogP contribution in [-0.4, -0.2) is 27.6 Å². The van der Waals surface area contributed by atoms with Crippen LogP contribution in [0.25, 0.3) is 27.6 Å². The minimum atomic E-state index is 0.586. The lowest BCUT2D eigenvalue weighted by atomic mass is 9.90. The first-order valence-corrected chi connectivity index (χ1v) is 11.9. The highest BCUT2D eigenvalue weighted by molar-refractivity contribution is 6.14. The van der Waals surface area contributed by atoms with Crippen molar-refractivity contribution in [3.8, 4) is 0 Å². The van der Waals surface area contributed by atoms with Gasteiger partial charge < -0.3 is 4.90 Å². The fourth-order valence-electron chi connectivity index (χ4n) is 5.41. The summed E-state index contributed by atoms with van der Waals surface area (Å²) in [5.41, 5.74) is 6.39. The summed E-state index contributed by atoms with van der Waals surface area (Å²) in [6, 6.07) is 8.78. The second kappa shape index (κ2) is 7.81. The Balaban J connectivity index is 1.82. The standard InChI is InChI=1S/C27H34N4/c1-6-13-30(16-21-11-12-21)26-24-22-9-7-8-10-23(22)31(27(24)29-20(5)28-26)25-18(3)14-17(2)15-19(25)4/h7-10,14,17,21H,6,11-13,15-16H2,1-5H3. The van der Waals surface area contributed by atoms with E-state index in [1.54, 1.807) is 0 Å². The highest BCUT2D eigenvalue weighted by Crippen LogP contribution is 2.41. The Morgan fingerprint density at radius 1 is 1.10 bits per heavy atom. The van der Waals surface area contributed by atoms with Crippen LogP contribution in [0.1, 0.15) is 59.2 Å². The molecule has 1 fully saturated rings. The number of rotatable bonds is 6. The van der Waals surface area contributed by atoms with Gasteiger partial charge in [0.2, 0.25) is 0 Å². The Bertz CT molecular complexity index is 1210. The maximum absolute atomic E-state index is 5.04. The normalized spacial score (nSPS) is 19.4. The second-order valence-electron chi connectivity index (χ2n) is 9.70. The molecule has 2 aliphatic carbocycles.